The Kier molecular flexibility index (Phi) is 7.01. The number of thiazole rings is 1. The maximum atomic E-state index is 9.07. The minimum absolute atomic E-state index is 0.0436. The second-order valence-electron chi connectivity index (χ2n) is 8.20. The van der Waals surface area contributed by atoms with Gasteiger partial charge in [0.2, 0.25) is 5.96 Å². The molecule has 0 amide bonds. The van der Waals surface area contributed by atoms with E-state index < -0.39 is 0 Å². The van der Waals surface area contributed by atoms with Gasteiger partial charge in [-0.25, -0.2) is 4.99 Å². The first-order chi connectivity index (χ1) is 12.2. The lowest BCUT2D eigenvalue weighted by atomic mass is 9.95. The zero-order chi connectivity index (χ0) is 19.3. The van der Waals surface area contributed by atoms with Crippen LogP contribution in [0.2, 0.25) is 0 Å². The molecule has 6 nitrogen and oxygen atoms in total. The van der Waals surface area contributed by atoms with Crippen LogP contribution < -0.4 is 10.1 Å². The first-order valence-electron chi connectivity index (χ1n) is 9.30. The van der Waals surface area contributed by atoms with E-state index in [2.05, 4.69) is 60.7 Å². The summed E-state index contributed by atoms with van der Waals surface area (Å²) in [7, 11) is 0. The van der Waals surface area contributed by atoms with Crippen molar-refractivity contribution in [1.82, 2.24) is 9.88 Å². The van der Waals surface area contributed by atoms with Gasteiger partial charge in [0.1, 0.15) is 0 Å². The number of hydrogen-bond donors (Lipinski definition) is 1. The summed E-state index contributed by atoms with van der Waals surface area (Å²) in [4.78, 5) is 11.4. The zero-order valence-electron chi connectivity index (χ0n) is 16.7. The summed E-state index contributed by atoms with van der Waals surface area (Å²) in [6.07, 6.45) is 6.55. The molecule has 0 radical (unpaired) electrons. The van der Waals surface area contributed by atoms with Crippen LogP contribution in [0, 0.1) is 17.4 Å². The van der Waals surface area contributed by atoms with Crippen LogP contribution in [0.4, 0.5) is 0 Å². The van der Waals surface area contributed by atoms with Crippen LogP contribution in [0.5, 0.6) is 0 Å². The fourth-order valence-corrected chi connectivity index (χ4v) is 3.58. The summed E-state index contributed by atoms with van der Waals surface area (Å²) in [5.74, 6) is 0.755. The molecule has 1 N–H and O–H groups in total. The highest BCUT2D eigenvalue weighted by molar-refractivity contribution is 7.09. The number of aliphatic imine (C=N–C) groups is 1. The van der Waals surface area contributed by atoms with Crippen molar-refractivity contribution < 1.29 is 4.74 Å². The molecule has 0 aromatic carbocycles. The van der Waals surface area contributed by atoms with Crippen molar-refractivity contribution in [3.8, 4) is 6.19 Å². The summed E-state index contributed by atoms with van der Waals surface area (Å²) in [6, 6.07) is 0.0864. The van der Waals surface area contributed by atoms with E-state index in [-0.39, 0.29) is 17.6 Å². The molecule has 0 unspecified atom stereocenters. The topological polar surface area (TPSA) is 74.7 Å². The predicted molar refractivity (Wildman–Crippen MR) is 106 cm³/mol. The molecule has 2 atom stereocenters. The van der Waals surface area contributed by atoms with Crippen LogP contribution in [-0.2, 0) is 16.7 Å². The molecule has 0 bridgehead atoms. The standard InChI is InChI=1S/C19H31N5OS/c1-13(2)14(3)22-17(21-12-20)23-18-24(10-15-8-7-9-25-15)11-16(26-18)19(4,5)6/h11,13-15H,7-10H2,1-6H3,(H,21,22)/b23-18-/t14-,15-/m1/s1. The molecule has 1 aromatic heterocycles. The Morgan fingerprint density at radius 1 is 1.46 bits per heavy atom. The maximum absolute atomic E-state index is 9.07. The third kappa shape index (κ3) is 5.68. The van der Waals surface area contributed by atoms with Gasteiger partial charge in [0, 0.05) is 17.7 Å². The van der Waals surface area contributed by atoms with E-state index >= 15 is 0 Å². The van der Waals surface area contributed by atoms with Gasteiger partial charge in [-0.3, -0.25) is 5.32 Å². The molecule has 0 aliphatic carbocycles. The van der Waals surface area contributed by atoms with Crippen LogP contribution in [-0.4, -0.2) is 29.3 Å². The minimum atomic E-state index is 0.0436. The summed E-state index contributed by atoms with van der Waals surface area (Å²) in [6.45, 7) is 14.5. The lowest BCUT2D eigenvalue weighted by molar-refractivity contribution is 0.0963. The van der Waals surface area contributed by atoms with Crippen molar-refractivity contribution in [1.29, 1.82) is 5.26 Å². The van der Waals surface area contributed by atoms with Crippen LogP contribution >= 0.6 is 11.3 Å². The molecule has 144 valence electrons. The fourth-order valence-electron chi connectivity index (χ4n) is 2.52. The number of rotatable bonds is 4. The quantitative estimate of drug-likeness (QED) is 0.378. The smallest absolute Gasteiger partial charge is 0.234 e. The molecule has 2 heterocycles. The molecular formula is C19H31N5OS. The van der Waals surface area contributed by atoms with Gasteiger partial charge in [-0.1, -0.05) is 34.6 Å². The molecule has 2 rings (SSSR count). The number of nitrogens with zero attached hydrogens (tertiary/aromatic N) is 4. The highest BCUT2D eigenvalue weighted by Crippen LogP contribution is 2.25. The Morgan fingerprint density at radius 2 is 2.19 bits per heavy atom. The molecule has 26 heavy (non-hydrogen) atoms. The number of guanidine groups is 1. The van der Waals surface area contributed by atoms with Crippen molar-refractivity contribution in [2.75, 3.05) is 6.61 Å². The Bertz CT molecular complexity index is 726. The second-order valence-corrected chi connectivity index (χ2v) is 9.21. The Balaban J connectivity index is 2.44. The molecule has 1 aliphatic heterocycles. The molecule has 0 spiro atoms. The zero-order valence-corrected chi connectivity index (χ0v) is 17.6. The molecule has 1 aromatic rings. The van der Waals surface area contributed by atoms with Crippen molar-refractivity contribution in [2.45, 2.75) is 78.5 Å². The normalized spacial score (nSPS) is 20.5. The van der Waals surface area contributed by atoms with Crippen LogP contribution in [0.25, 0.3) is 0 Å². The summed E-state index contributed by atoms with van der Waals surface area (Å²) in [5.41, 5.74) is 0.0436. The van der Waals surface area contributed by atoms with E-state index in [0.29, 0.717) is 11.9 Å². The fraction of sp³-hybridized carbons (Fsp3) is 0.737. The van der Waals surface area contributed by atoms with Gasteiger partial charge in [-0.15, -0.1) is 11.3 Å². The monoisotopic (exact) mass is 377 g/mol. The molecular weight excluding hydrogens is 346 g/mol. The maximum Gasteiger partial charge on any atom is 0.234 e. The van der Waals surface area contributed by atoms with Crippen LogP contribution in [0.1, 0.15) is 59.3 Å². The molecule has 1 fully saturated rings. The van der Waals surface area contributed by atoms with E-state index in [4.69, 9.17) is 10.00 Å². The van der Waals surface area contributed by atoms with Crippen LogP contribution in [0.15, 0.2) is 16.2 Å². The summed E-state index contributed by atoms with van der Waals surface area (Å²) in [5, 5.41) is 11.7. The van der Waals surface area contributed by atoms with E-state index in [0.717, 1.165) is 30.8 Å². The SMILES string of the molecule is CC(C)[C@@H](C)N=C(/N=c1\sc(C(C)(C)C)cn1C[C@H]1CCCO1)NC#N. The number of nitriles is 1. The number of aromatic nitrogens is 1. The molecule has 1 saturated heterocycles. The Hall–Kier alpha value is -1.65. The van der Waals surface area contributed by atoms with Crippen molar-refractivity contribution in [3.63, 3.8) is 0 Å². The van der Waals surface area contributed by atoms with Crippen molar-refractivity contribution >= 4 is 17.3 Å². The highest BCUT2D eigenvalue weighted by atomic mass is 32.1. The van der Waals surface area contributed by atoms with Gasteiger partial charge < -0.3 is 9.30 Å². The van der Waals surface area contributed by atoms with E-state index in [1.54, 1.807) is 11.3 Å². The summed E-state index contributed by atoms with van der Waals surface area (Å²) < 4.78 is 7.95. The van der Waals surface area contributed by atoms with Gasteiger partial charge in [0.25, 0.3) is 0 Å². The first kappa shape index (κ1) is 20.7. The number of nitrogens with one attached hydrogen (secondary N) is 1. The van der Waals surface area contributed by atoms with Gasteiger partial charge in [0.15, 0.2) is 11.0 Å². The molecule has 7 heteroatoms. The Morgan fingerprint density at radius 3 is 2.73 bits per heavy atom. The van der Waals surface area contributed by atoms with Crippen molar-refractivity contribution in [2.24, 2.45) is 15.9 Å². The van der Waals surface area contributed by atoms with E-state index in [9.17, 15) is 0 Å². The predicted octanol–water partition coefficient (Wildman–Crippen LogP) is 3.40. The first-order valence-corrected chi connectivity index (χ1v) is 10.1. The number of ether oxygens (including phenoxy) is 1. The highest BCUT2D eigenvalue weighted by Gasteiger charge is 2.21. The van der Waals surface area contributed by atoms with Crippen LogP contribution in [0.3, 0.4) is 0 Å². The second kappa shape index (κ2) is 8.83. The molecule has 1 aliphatic rings. The van der Waals surface area contributed by atoms with Gasteiger partial charge in [0.05, 0.1) is 18.7 Å². The third-order valence-electron chi connectivity index (χ3n) is 4.54. The molecule has 0 saturated carbocycles. The largest absolute Gasteiger partial charge is 0.376 e. The lowest BCUT2D eigenvalue weighted by Crippen LogP contribution is -2.27. The average Bonchev–Trinajstić information content (AvgIpc) is 3.18. The minimum Gasteiger partial charge on any atom is -0.376 e. The van der Waals surface area contributed by atoms with Crippen molar-refractivity contribution in [3.05, 3.63) is 15.9 Å². The van der Waals surface area contributed by atoms with E-state index in [1.165, 1.54) is 4.88 Å². The lowest BCUT2D eigenvalue weighted by Gasteiger charge is -2.15. The van der Waals surface area contributed by atoms with Gasteiger partial charge in [-0.2, -0.15) is 10.3 Å². The van der Waals surface area contributed by atoms with Gasteiger partial charge in [-0.05, 0) is 31.1 Å². The third-order valence-corrected chi connectivity index (χ3v) is 5.99. The van der Waals surface area contributed by atoms with E-state index in [1.807, 2.05) is 13.1 Å². The Labute approximate surface area is 160 Å². The number of hydrogen-bond acceptors (Lipinski definition) is 4. The van der Waals surface area contributed by atoms with Gasteiger partial charge >= 0.3 is 0 Å². The average molecular weight is 378 g/mol. The summed E-state index contributed by atoms with van der Waals surface area (Å²) >= 11 is 1.65.